The van der Waals surface area contributed by atoms with Crippen molar-refractivity contribution in [2.75, 3.05) is 5.75 Å². The highest BCUT2D eigenvalue weighted by Crippen LogP contribution is 2.30. The fraction of sp³-hybridized carbons (Fsp3) is 1.00. The van der Waals surface area contributed by atoms with Crippen molar-refractivity contribution < 1.29 is 0 Å². The molecule has 0 aromatic carbocycles. The molecular weight excluding hydrogens is 176 g/mol. The van der Waals surface area contributed by atoms with E-state index in [1.54, 1.807) is 0 Å². The average Bonchev–Trinajstić information content (AvgIpc) is 1.99. The normalized spacial score (nSPS) is 17.1. The van der Waals surface area contributed by atoms with Gasteiger partial charge in [0, 0.05) is 5.25 Å². The van der Waals surface area contributed by atoms with Crippen molar-refractivity contribution in [2.24, 2.45) is 11.3 Å². The van der Waals surface area contributed by atoms with E-state index in [0.29, 0.717) is 5.41 Å². The molecule has 0 radical (unpaired) electrons. The van der Waals surface area contributed by atoms with E-state index in [4.69, 9.17) is 0 Å². The summed E-state index contributed by atoms with van der Waals surface area (Å²) in [5.74, 6) is 2.13. The van der Waals surface area contributed by atoms with Crippen LogP contribution in [0.4, 0.5) is 0 Å². The van der Waals surface area contributed by atoms with Gasteiger partial charge in [-0.2, -0.15) is 11.8 Å². The lowest BCUT2D eigenvalue weighted by molar-refractivity contribution is 0.288. The summed E-state index contributed by atoms with van der Waals surface area (Å²) >= 11 is 2.14. The highest BCUT2D eigenvalue weighted by Gasteiger charge is 2.20. The average molecular weight is 202 g/mol. The maximum Gasteiger partial charge on any atom is 0.00187 e. The zero-order chi connectivity index (χ0) is 10.5. The lowest BCUT2D eigenvalue weighted by atomic mass is 9.83. The maximum absolute atomic E-state index is 2.37. The van der Waals surface area contributed by atoms with Gasteiger partial charge in [-0.3, -0.25) is 0 Å². The monoisotopic (exact) mass is 202 g/mol. The Morgan fingerprint density at radius 2 is 1.69 bits per heavy atom. The van der Waals surface area contributed by atoms with Gasteiger partial charge in [0.05, 0.1) is 0 Å². The quantitative estimate of drug-likeness (QED) is 0.628. The van der Waals surface area contributed by atoms with Gasteiger partial charge in [0.25, 0.3) is 0 Å². The van der Waals surface area contributed by atoms with E-state index >= 15 is 0 Å². The van der Waals surface area contributed by atoms with Gasteiger partial charge in [0.15, 0.2) is 0 Å². The Labute approximate surface area is 88.9 Å². The molecule has 0 heterocycles. The third-order valence-electron chi connectivity index (χ3n) is 2.80. The Morgan fingerprint density at radius 3 is 2.08 bits per heavy atom. The fourth-order valence-electron chi connectivity index (χ4n) is 1.05. The molecule has 0 aliphatic carbocycles. The molecular formula is C12H26S. The SMILES string of the molecule is CCCC(C)SC[C@H](C)C(C)(C)C. The summed E-state index contributed by atoms with van der Waals surface area (Å²) in [6, 6.07) is 0. The number of rotatable bonds is 5. The van der Waals surface area contributed by atoms with Crippen LogP contribution in [0.2, 0.25) is 0 Å². The molecule has 80 valence electrons. The summed E-state index contributed by atoms with van der Waals surface area (Å²) in [6.45, 7) is 14.0. The minimum Gasteiger partial charge on any atom is -0.159 e. The van der Waals surface area contributed by atoms with E-state index in [0.717, 1.165) is 11.2 Å². The minimum absolute atomic E-state index is 0.471. The second-order valence-electron chi connectivity index (χ2n) is 5.20. The van der Waals surface area contributed by atoms with E-state index in [1.165, 1.54) is 18.6 Å². The van der Waals surface area contributed by atoms with Gasteiger partial charge in [-0.25, -0.2) is 0 Å². The van der Waals surface area contributed by atoms with E-state index in [2.05, 4.69) is 53.3 Å². The van der Waals surface area contributed by atoms with Gasteiger partial charge in [0.2, 0.25) is 0 Å². The van der Waals surface area contributed by atoms with Gasteiger partial charge in [-0.05, 0) is 23.5 Å². The molecule has 0 aliphatic heterocycles. The molecule has 0 nitrogen and oxygen atoms in total. The second-order valence-corrected chi connectivity index (χ2v) is 6.67. The first kappa shape index (κ1) is 13.4. The molecule has 0 saturated heterocycles. The van der Waals surface area contributed by atoms with Crippen molar-refractivity contribution in [1.82, 2.24) is 0 Å². The standard InChI is InChI=1S/C12H26S/c1-7-8-11(3)13-9-10(2)12(4,5)6/h10-11H,7-9H2,1-6H3/t10-,11?/m0/s1. The van der Waals surface area contributed by atoms with E-state index in [9.17, 15) is 0 Å². The molecule has 0 spiro atoms. The van der Waals surface area contributed by atoms with Crippen molar-refractivity contribution in [3.63, 3.8) is 0 Å². The van der Waals surface area contributed by atoms with Crippen LogP contribution in [-0.4, -0.2) is 11.0 Å². The molecule has 13 heavy (non-hydrogen) atoms. The third kappa shape index (κ3) is 6.42. The molecule has 0 aromatic heterocycles. The van der Waals surface area contributed by atoms with Gasteiger partial charge < -0.3 is 0 Å². The number of thioether (sulfide) groups is 1. The molecule has 1 heteroatoms. The van der Waals surface area contributed by atoms with Crippen LogP contribution in [0.15, 0.2) is 0 Å². The van der Waals surface area contributed by atoms with Gasteiger partial charge in [-0.15, -0.1) is 0 Å². The molecule has 0 aromatic rings. The van der Waals surface area contributed by atoms with Crippen LogP contribution < -0.4 is 0 Å². The Morgan fingerprint density at radius 1 is 1.15 bits per heavy atom. The molecule has 0 amide bonds. The van der Waals surface area contributed by atoms with Gasteiger partial charge in [-0.1, -0.05) is 48.0 Å². The molecule has 0 rings (SSSR count). The number of hydrogen-bond donors (Lipinski definition) is 0. The highest BCUT2D eigenvalue weighted by molar-refractivity contribution is 7.99. The molecule has 0 saturated carbocycles. The van der Waals surface area contributed by atoms with E-state index in [1.807, 2.05) is 0 Å². The number of hydrogen-bond acceptors (Lipinski definition) is 1. The first-order chi connectivity index (χ1) is 5.88. The first-order valence-corrected chi connectivity index (χ1v) is 6.54. The Bertz CT molecular complexity index is 124. The van der Waals surface area contributed by atoms with Gasteiger partial charge in [0.1, 0.15) is 0 Å². The van der Waals surface area contributed by atoms with Crippen molar-refractivity contribution in [3.8, 4) is 0 Å². The zero-order valence-electron chi connectivity index (χ0n) is 10.2. The van der Waals surface area contributed by atoms with Crippen LogP contribution in [0.3, 0.4) is 0 Å². The second kappa shape index (κ2) is 5.95. The minimum atomic E-state index is 0.471. The van der Waals surface area contributed by atoms with Crippen molar-refractivity contribution in [3.05, 3.63) is 0 Å². The van der Waals surface area contributed by atoms with Crippen molar-refractivity contribution in [2.45, 2.75) is 59.6 Å². The Hall–Kier alpha value is 0.350. The Balaban J connectivity index is 3.63. The van der Waals surface area contributed by atoms with Crippen molar-refractivity contribution in [1.29, 1.82) is 0 Å². The summed E-state index contributed by atoms with van der Waals surface area (Å²) in [7, 11) is 0. The molecule has 0 bridgehead atoms. The van der Waals surface area contributed by atoms with Crippen LogP contribution in [-0.2, 0) is 0 Å². The van der Waals surface area contributed by atoms with Crippen LogP contribution in [0.5, 0.6) is 0 Å². The summed E-state index contributed by atoms with van der Waals surface area (Å²) in [4.78, 5) is 0. The summed E-state index contributed by atoms with van der Waals surface area (Å²) in [5.41, 5.74) is 0.471. The van der Waals surface area contributed by atoms with Gasteiger partial charge >= 0.3 is 0 Å². The summed E-state index contributed by atoms with van der Waals surface area (Å²) < 4.78 is 0. The maximum atomic E-state index is 2.37. The van der Waals surface area contributed by atoms with Crippen molar-refractivity contribution >= 4 is 11.8 Å². The molecule has 1 unspecified atom stereocenters. The topological polar surface area (TPSA) is 0 Å². The molecule has 0 N–H and O–H groups in total. The van der Waals surface area contributed by atoms with Crippen LogP contribution >= 0.6 is 11.8 Å². The van der Waals surface area contributed by atoms with E-state index < -0.39 is 0 Å². The smallest absolute Gasteiger partial charge is 0.00187 e. The van der Waals surface area contributed by atoms with E-state index in [-0.39, 0.29) is 0 Å². The van der Waals surface area contributed by atoms with Crippen LogP contribution in [0.1, 0.15) is 54.4 Å². The van der Waals surface area contributed by atoms with Crippen LogP contribution in [0.25, 0.3) is 0 Å². The summed E-state index contributed by atoms with van der Waals surface area (Å²) in [5, 5.41) is 0.842. The molecule has 2 atom stereocenters. The lowest BCUT2D eigenvalue weighted by Crippen LogP contribution is -2.20. The lowest BCUT2D eigenvalue weighted by Gasteiger charge is -2.27. The highest BCUT2D eigenvalue weighted by atomic mass is 32.2. The predicted molar refractivity (Wildman–Crippen MR) is 65.4 cm³/mol. The Kier molecular flexibility index (Phi) is 6.11. The van der Waals surface area contributed by atoms with Crippen LogP contribution in [0, 0.1) is 11.3 Å². The predicted octanol–water partition coefficient (Wildman–Crippen LogP) is 4.59. The fourth-order valence-corrected chi connectivity index (χ4v) is 2.57. The largest absolute Gasteiger partial charge is 0.159 e. The third-order valence-corrected chi connectivity index (χ3v) is 4.30. The molecule has 0 fully saturated rings. The zero-order valence-corrected chi connectivity index (χ0v) is 11.0. The summed E-state index contributed by atoms with van der Waals surface area (Å²) in [6.07, 6.45) is 2.68. The first-order valence-electron chi connectivity index (χ1n) is 5.49. The molecule has 0 aliphatic rings.